The molecule has 0 saturated heterocycles. The molecule has 6 heteroatoms. The monoisotopic (exact) mass is 252 g/mol. The molecule has 1 atom stereocenters. The third kappa shape index (κ3) is 3.73. The molecule has 88 valence electrons. The van der Waals surface area contributed by atoms with Crippen molar-refractivity contribution in [3.63, 3.8) is 0 Å². The van der Waals surface area contributed by atoms with Crippen LogP contribution in [0.25, 0.3) is 0 Å². The van der Waals surface area contributed by atoms with Gasteiger partial charge in [0, 0.05) is 5.02 Å². The van der Waals surface area contributed by atoms with Crippen molar-refractivity contribution in [2.45, 2.75) is 18.5 Å². The van der Waals surface area contributed by atoms with E-state index in [4.69, 9.17) is 16.7 Å². The Hall–Kier alpha value is -1.23. The van der Waals surface area contributed by atoms with Gasteiger partial charge in [0.2, 0.25) is 0 Å². The maximum atomic E-state index is 12.1. The highest BCUT2D eigenvalue weighted by Gasteiger charge is 2.36. The van der Waals surface area contributed by atoms with E-state index in [9.17, 15) is 18.0 Å². The average molecular weight is 253 g/mol. The Bertz CT molecular complexity index is 373. The first kappa shape index (κ1) is 12.8. The number of alkyl halides is 3. The van der Waals surface area contributed by atoms with Crippen LogP contribution in [0.5, 0.6) is 0 Å². The summed E-state index contributed by atoms with van der Waals surface area (Å²) < 4.78 is 36.4. The highest BCUT2D eigenvalue weighted by Crippen LogP contribution is 2.31. The van der Waals surface area contributed by atoms with Gasteiger partial charge in [0.15, 0.2) is 0 Å². The van der Waals surface area contributed by atoms with Gasteiger partial charge in [-0.15, -0.1) is 0 Å². The maximum absolute atomic E-state index is 12.1. The van der Waals surface area contributed by atoms with Crippen LogP contribution >= 0.6 is 11.6 Å². The molecular formula is C10H8ClF3O2. The van der Waals surface area contributed by atoms with Gasteiger partial charge < -0.3 is 5.11 Å². The summed E-state index contributed by atoms with van der Waals surface area (Å²) in [4.78, 5) is 10.7. The second-order valence-electron chi connectivity index (χ2n) is 3.26. The third-order valence-electron chi connectivity index (χ3n) is 2.01. The van der Waals surface area contributed by atoms with E-state index in [2.05, 4.69) is 0 Å². The lowest BCUT2D eigenvalue weighted by Gasteiger charge is -2.14. The van der Waals surface area contributed by atoms with Crippen molar-refractivity contribution in [3.05, 3.63) is 34.9 Å². The molecule has 1 aromatic carbocycles. The Morgan fingerprint density at radius 1 is 1.31 bits per heavy atom. The highest BCUT2D eigenvalue weighted by molar-refractivity contribution is 6.30. The molecule has 16 heavy (non-hydrogen) atoms. The fourth-order valence-corrected chi connectivity index (χ4v) is 1.40. The summed E-state index contributed by atoms with van der Waals surface area (Å²) in [5, 5.41) is 9.07. The second kappa shape index (κ2) is 4.74. The van der Waals surface area contributed by atoms with Crippen molar-refractivity contribution in [2.24, 2.45) is 0 Å². The SMILES string of the molecule is O=C(O)C(CC(F)(F)F)c1ccc(Cl)cc1. The standard InChI is InChI=1S/C10H8ClF3O2/c11-7-3-1-6(2-4-7)8(9(15)16)5-10(12,13)14/h1-4,8H,5H2,(H,15,16). The molecule has 0 radical (unpaired) electrons. The Balaban J connectivity index is 2.94. The van der Waals surface area contributed by atoms with Crippen LogP contribution in [0.2, 0.25) is 5.02 Å². The number of halogens is 4. The summed E-state index contributed by atoms with van der Waals surface area (Å²) in [6, 6.07) is 5.30. The van der Waals surface area contributed by atoms with Gasteiger partial charge in [-0.05, 0) is 17.7 Å². The summed E-state index contributed by atoms with van der Waals surface area (Å²) in [5.74, 6) is -3.09. The van der Waals surface area contributed by atoms with Gasteiger partial charge in [-0.1, -0.05) is 23.7 Å². The lowest BCUT2D eigenvalue weighted by atomic mass is 9.96. The predicted octanol–water partition coefficient (Wildman–Crippen LogP) is 3.46. The first-order valence-corrected chi connectivity index (χ1v) is 4.72. The van der Waals surface area contributed by atoms with E-state index in [0.717, 1.165) is 0 Å². The van der Waals surface area contributed by atoms with Crippen LogP contribution in [0.1, 0.15) is 17.9 Å². The molecule has 0 saturated carbocycles. The highest BCUT2D eigenvalue weighted by atomic mass is 35.5. The molecule has 0 amide bonds. The number of benzene rings is 1. The molecule has 2 nitrogen and oxygen atoms in total. The van der Waals surface area contributed by atoms with E-state index in [1.165, 1.54) is 24.3 Å². The Kier molecular flexibility index (Phi) is 3.80. The van der Waals surface area contributed by atoms with Gasteiger partial charge in [0.25, 0.3) is 0 Å². The minimum atomic E-state index is -4.51. The van der Waals surface area contributed by atoms with Gasteiger partial charge in [-0.25, -0.2) is 0 Å². The minimum absolute atomic E-state index is 0.0919. The third-order valence-corrected chi connectivity index (χ3v) is 2.26. The lowest BCUT2D eigenvalue weighted by Crippen LogP contribution is -2.20. The van der Waals surface area contributed by atoms with Crippen molar-refractivity contribution in [1.29, 1.82) is 0 Å². The molecule has 0 aliphatic carbocycles. The second-order valence-corrected chi connectivity index (χ2v) is 3.70. The largest absolute Gasteiger partial charge is 0.481 e. The number of carboxylic acid groups (broad SMARTS) is 1. The molecule has 0 bridgehead atoms. The molecule has 0 spiro atoms. The Morgan fingerprint density at radius 3 is 2.19 bits per heavy atom. The van der Waals surface area contributed by atoms with E-state index < -0.39 is 24.5 Å². The normalized spacial score (nSPS) is 13.5. The van der Waals surface area contributed by atoms with E-state index in [0.29, 0.717) is 5.02 Å². The van der Waals surface area contributed by atoms with Crippen LogP contribution in [-0.2, 0) is 4.79 Å². The Morgan fingerprint density at radius 2 is 1.81 bits per heavy atom. The van der Waals surface area contributed by atoms with Crippen molar-refractivity contribution >= 4 is 17.6 Å². The first-order valence-electron chi connectivity index (χ1n) is 4.34. The van der Waals surface area contributed by atoms with Crippen LogP contribution in [0.15, 0.2) is 24.3 Å². The molecule has 0 heterocycles. The number of carboxylic acids is 1. The van der Waals surface area contributed by atoms with Crippen LogP contribution in [0.3, 0.4) is 0 Å². The average Bonchev–Trinajstić information content (AvgIpc) is 2.14. The minimum Gasteiger partial charge on any atom is -0.481 e. The topological polar surface area (TPSA) is 37.3 Å². The summed E-state index contributed by atoms with van der Waals surface area (Å²) in [6.07, 6.45) is -5.90. The van der Waals surface area contributed by atoms with Crippen molar-refractivity contribution < 1.29 is 23.1 Å². The van der Waals surface area contributed by atoms with Crippen LogP contribution in [-0.4, -0.2) is 17.3 Å². The lowest BCUT2D eigenvalue weighted by molar-refractivity contribution is -0.157. The smallest absolute Gasteiger partial charge is 0.390 e. The molecule has 0 fully saturated rings. The van der Waals surface area contributed by atoms with Gasteiger partial charge in [0.05, 0.1) is 12.3 Å². The molecule has 1 rings (SSSR count). The van der Waals surface area contributed by atoms with Gasteiger partial charge in [-0.2, -0.15) is 13.2 Å². The summed E-state index contributed by atoms with van der Waals surface area (Å²) >= 11 is 5.56. The number of rotatable bonds is 3. The molecule has 0 aromatic heterocycles. The van der Waals surface area contributed by atoms with E-state index in [-0.39, 0.29) is 5.56 Å². The molecule has 0 aliphatic heterocycles. The fraction of sp³-hybridized carbons (Fsp3) is 0.300. The molecule has 1 unspecified atom stereocenters. The van der Waals surface area contributed by atoms with E-state index in [1.54, 1.807) is 0 Å². The van der Waals surface area contributed by atoms with Crippen molar-refractivity contribution in [1.82, 2.24) is 0 Å². The quantitative estimate of drug-likeness (QED) is 0.894. The van der Waals surface area contributed by atoms with E-state index >= 15 is 0 Å². The van der Waals surface area contributed by atoms with Gasteiger partial charge >= 0.3 is 12.1 Å². The maximum Gasteiger partial charge on any atom is 0.390 e. The number of carbonyl (C=O) groups is 1. The molecular weight excluding hydrogens is 245 g/mol. The Labute approximate surface area is 94.6 Å². The fourth-order valence-electron chi connectivity index (χ4n) is 1.27. The summed E-state index contributed by atoms with van der Waals surface area (Å²) in [6.45, 7) is 0. The van der Waals surface area contributed by atoms with Crippen molar-refractivity contribution in [3.8, 4) is 0 Å². The summed E-state index contributed by atoms with van der Waals surface area (Å²) in [5.41, 5.74) is 0.0919. The first-order chi connectivity index (χ1) is 7.29. The zero-order valence-corrected chi connectivity index (χ0v) is 8.72. The number of hydrogen-bond acceptors (Lipinski definition) is 1. The number of hydrogen-bond donors (Lipinski definition) is 1. The zero-order valence-electron chi connectivity index (χ0n) is 7.96. The van der Waals surface area contributed by atoms with Crippen LogP contribution < -0.4 is 0 Å². The van der Waals surface area contributed by atoms with E-state index in [1.807, 2.05) is 0 Å². The van der Waals surface area contributed by atoms with Gasteiger partial charge in [-0.3, -0.25) is 4.79 Å². The molecule has 1 N–H and O–H groups in total. The van der Waals surface area contributed by atoms with Gasteiger partial charge in [0.1, 0.15) is 0 Å². The summed E-state index contributed by atoms with van der Waals surface area (Å²) in [7, 11) is 0. The predicted molar refractivity (Wildman–Crippen MR) is 52.5 cm³/mol. The molecule has 0 aliphatic rings. The molecule has 1 aromatic rings. The van der Waals surface area contributed by atoms with Crippen LogP contribution in [0.4, 0.5) is 13.2 Å². The number of aliphatic carboxylic acids is 1. The van der Waals surface area contributed by atoms with Crippen LogP contribution in [0, 0.1) is 0 Å². The van der Waals surface area contributed by atoms with Crippen molar-refractivity contribution in [2.75, 3.05) is 0 Å². The zero-order chi connectivity index (χ0) is 12.3.